The molecule has 3 nitrogen and oxygen atoms in total. The van der Waals surface area contributed by atoms with Crippen LogP contribution in [-0.4, -0.2) is 30.6 Å². The monoisotopic (exact) mass is 272 g/mol. The largest absolute Gasteiger partial charge is 0.497 e. The number of likely N-dealkylation sites (tertiary alicyclic amines) is 1. The molecule has 0 spiro atoms. The number of ether oxygens (including phenoxy) is 1. The number of nitriles is 1. The number of hydrogen-bond donors (Lipinski definition) is 0. The lowest BCUT2D eigenvalue weighted by Gasteiger charge is -2.40. The maximum atomic E-state index is 9.67. The zero-order valence-corrected chi connectivity index (χ0v) is 12.7. The molecule has 0 saturated carbocycles. The van der Waals surface area contributed by atoms with E-state index < -0.39 is 5.54 Å². The third-order valence-corrected chi connectivity index (χ3v) is 4.40. The van der Waals surface area contributed by atoms with Gasteiger partial charge in [-0.1, -0.05) is 19.1 Å². The Hall–Kier alpha value is -1.53. The topological polar surface area (TPSA) is 36.3 Å². The maximum Gasteiger partial charge on any atom is 0.119 e. The summed E-state index contributed by atoms with van der Waals surface area (Å²) in [4.78, 5) is 2.34. The summed E-state index contributed by atoms with van der Waals surface area (Å²) in [6, 6.07) is 10.6. The second-order valence-corrected chi connectivity index (χ2v) is 6.08. The first-order valence-electron chi connectivity index (χ1n) is 7.36. The summed E-state index contributed by atoms with van der Waals surface area (Å²) in [6.07, 6.45) is 3.12. The molecule has 20 heavy (non-hydrogen) atoms. The highest BCUT2D eigenvalue weighted by Gasteiger charge is 2.34. The van der Waals surface area contributed by atoms with E-state index in [2.05, 4.69) is 30.9 Å². The Bertz CT molecular complexity index is 486. The SMILES string of the molecule is COc1cccc(CC(C)(C#N)N2CCC(C)CC2)c1. The molecule has 0 aliphatic carbocycles. The molecular weight excluding hydrogens is 248 g/mol. The van der Waals surface area contributed by atoms with Crippen molar-refractivity contribution in [2.75, 3.05) is 20.2 Å². The minimum absolute atomic E-state index is 0.424. The first kappa shape index (κ1) is 14.9. The van der Waals surface area contributed by atoms with Crippen LogP contribution in [0.3, 0.4) is 0 Å². The van der Waals surface area contributed by atoms with Crippen molar-refractivity contribution in [1.29, 1.82) is 5.26 Å². The molecule has 1 unspecified atom stereocenters. The number of methoxy groups -OCH3 is 1. The van der Waals surface area contributed by atoms with Crippen molar-refractivity contribution in [2.45, 2.75) is 38.6 Å². The van der Waals surface area contributed by atoms with E-state index in [0.717, 1.165) is 36.7 Å². The van der Waals surface area contributed by atoms with E-state index in [0.29, 0.717) is 0 Å². The first-order chi connectivity index (χ1) is 9.57. The predicted octanol–water partition coefficient (Wildman–Crippen LogP) is 3.25. The molecule has 0 N–H and O–H groups in total. The Morgan fingerprint density at radius 3 is 2.70 bits per heavy atom. The summed E-state index contributed by atoms with van der Waals surface area (Å²) < 4.78 is 5.27. The normalized spacial score (nSPS) is 20.1. The van der Waals surface area contributed by atoms with Gasteiger partial charge in [-0.15, -0.1) is 0 Å². The van der Waals surface area contributed by atoms with Gasteiger partial charge in [0.05, 0.1) is 13.2 Å². The van der Waals surface area contributed by atoms with E-state index in [9.17, 15) is 5.26 Å². The Morgan fingerprint density at radius 2 is 2.10 bits per heavy atom. The average Bonchev–Trinajstić information content (AvgIpc) is 2.48. The standard InChI is InChI=1S/C17H24N2O/c1-14-7-9-19(10-8-14)17(2,13-18)12-15-5-4-6-16(11-15)20-3/h4-6,11,14H,7-10,12H2,1-3H3. The van der Waals surface area contributed by atoms with Crippen LogP contribution in [0.1, 0.15) is 32.3 Å². The lowest BCUT2D eigenvalue weighted by Crippen LogP contribution is -2.50. The van der Waals surface area contributed by atoms with Crippen LogP contribution in [0.4, 0.5) is 0 Å². The van der Waals surface area contributed by atoms with Crippen LogP contribution in [-0.2, 0) is 6.42 Å². The fraction of sp³-hybridized carbons (Fsp3) is 0.588. The van der Waals surface area contributed by atoms with Gasteiger partial charge >= 0.3 is 0 Å². The van der Waals surface area contributed by atoms with Crippen LogP contribution in [0.15, 0.2) is 24.3 Å². The molecule has 0 bridgehead atoms. The minimum atomic E-state index is -0.424. The van der Waals surface area contributed by atoms with Gasteiger partial charge in [0.1, 0.15) is 11.3 Å². The summed E-state index contributed by atoms with van der Waals surface area (Å²) in [5, 5.41) is 9.67. The van der Waals surface area contributed by atoms with Crippen molar-refractivity contribution in [3.05, 3.63) is 29.8 Å². The van der Waals surface area contributed by atoms with E-state index in [1.54, 1.807) is 7.11 Å². The molecule has 108 valence electrons. The molecule has 1 fully saturated rings. The summed E-state index contributed by atoms with van der Waals surface area (Å²) in [6.45, 7) is 6.40. The number of nitrogens with zero attached hydrogens (tertiary/aromatic N) is 2. The van der Waals surface area contributed by atoms with Gasteiger partial charge in [-0.25, -0.2) is 0 Å². The van der Waals surface area contributed by atoms with Crippen LogP contribution >= 0.6 is 0 Å². The van der Waals surface area contributed by atoms with Crippen molar-refractivity contribution in [3.8, 4) is 11.8 Å². The predicted molar refractivity (Wildman–Crippen MR) is 80.7 cm³/mol. The number of piperidine rings is 1. The highest BCUT2D eigenvalue weighted by molar-refractivity contribution is 5.31. The Balaban J connectivity index is 2.12. The van der Waals surface area contributed by atoms with E-state index in [1.165, 1.54) is 12.8 Å². The third-order valence-electron chi connectivity index (χ3n) is 4.40. The van der Waals surface area contributed by atoms with Crippen molar-refractivity contribution in [2.24, 2.45) is 5.92 Å². The fourth-order valence-electron chi connectivity index (χ4n) is 2.90. The van der Waals surface area contributed by atoms with Crippen LogP contribution in [0.25, 0.3) is 0 Å². The lowest BCUT2D eigenvalue weighted by molar-refractivity contribution is 0.103. The maximum absolute atomic E-state index is 9.67. The van der Waals surface area contributed by atoms with Gasteiger partial charge in [-0.2, -0.15) is 5.26 Å². The van der Waals surface area contributed by atoms with Crippen LogP contribution in [0.5, 0.6) is 5.75 Å². The highest BCUT2D eigenvalue weighted by Crippen LogP contribution is 2.27. The van der Waals surface area contributed by atoms with Gasteiger partial charge < -0.3 is 4.74 Å². The molecule has 1 aliphatic rings. The zero-order chi connectivity index (χ0) is 14.6. The summed E-state index contributed by atoms with van der Waals surface area (Å²) in [5.74, 6) is 1.64. The van der Waals surface area contributed by atoms with Crippen LogP contribution in [0.2, 0.25) is 0 Å². The van der Waals surface area contributed by atoms with Gasteiger partial charge in [0.25, 0.3) is 0 Å². The lowest BCUT2D eigenvalue weighted by atomic mass is 9.88. The Kier molecular flexibility index (Phi) is 4.67. The molecule has 1 atom stereocenters. The van der Waals surface area contributed by atoms with Crippen LogP contribution < -0.4 is 4.74 Å². The molecule has 1 aromatic carbocycles. The molecule has 3 heteroatoms. The molecule has 0 aromatic heterocycles. The van der Waals surface area contributed by atoms with Crippen LogP contribution in [0, 0.1) is 17.2 Å². The molecule has 1 aromatic rings. The summed E-state index contributed by atoms with van der Waals surface area (Å²) in [5.41, 5.74) is 0.735. The van der Waals surface area contributed by atoms with E-state index >= 15 is 0 Å². The van der Waals surface area contributed by atoms with E-state index in [-0.39, 0.29) is 0 Å². The van der Waals surface area contributed by atoms with Gasteiger partial charge in [-0.3, -0.25) is 4.90 Å². The summed E-state index contributed by atoms with van der Waals surface area (Å²) >= 11 is 0. The number of benzene rings is 1. The van der Waals surface area contributed by atoms with Gasteiger partial charge in [0.2, 0.25) is 0 Å². The third kappa shape index (κ3) is 3.32. The van der Waals surface area contributed by atoms with Crippen molar-refractivity contribution < 1.29 is 4.74 Å². The molecule has 1 saturated heterocycles. The van der Waals surface area contributed by atoms with Crippen molar-refractivity contribution >= 4 is 0 Å². The second kappa shape index (κ2) is 6.28. The molecule has 1 aliphatic heterocycles. The van der Waals surface area contributed by atoms with Crippen molar-refractivity contribution in [3.63, 3.8) is 0 Å². The molecule has 0 radical (unpaired) electrons. The average molecular weight is 272 g/mol. The second-order valence-electron chi connectivity index (χ2n) is 6.08. The van der Waals surface area contributed by atoms with Gasteiger partial charge in [-0.05, 0) is 56.5 Å². The fourth-order valence-corrected chi connectivity index (χ4v) is 2.90. The highest BCUT2D eigenvalue weighted by atomic mass is 16.5. The molecular formula is C17H24N2O. The van der Waals surface area contributed by atoms with Gasteiger partial charge in [0, 0.05) is 6.42 Å². The quantitative estimate of drug-likeness (QED) is 0.844. The molecule has 2 rings (SSSR count). The van der Waals surface area contributed by atoms with E-state index in [4.69, 9.17) is 4.74 Å². The number of hydrogen-bond acceptors (Lipinski definition) is 3. The summed E-state index contributed by atoms with van der Waals surface area (Å²) in [7, 11) is 1.68. The van der Waals surface area contributed by atoms with E-state index in [1.807, 2.05) is 18.2 Å². The minimum Gasteiger partial charge on any atom is -0.497 e. The molecule has 0 amide bonds. The number of rotatable bonds is 4. The Morgan fingerprint density at radius 1 is 1.40 bits per heavy atom. The zero-order valence-electron chi connectivity index (χ0n) is 12.7. The smallest absolute Gasteiger partial charge is 0.119 e. The van der Waals surface area contributed by atoms with Crippen molar-refractivity contribution in [1.82, 2.24) is 4.90 Å². The van der Waals surface area contributed by atoms with Gasteiger partial charge in [0.15, 0.2) is 0 Å². The Labute approximate surface area is 122 Å². The molecule has 1 heterocycles. The first-order valence-corrected chi connectivity index (χ1v) is 7.36.